The number of rotatable bonds is 6. The molecule has 58 heavy (non-hydrogen) atoms. The van der Waals surface area contributed by atoms with Crippen LogP contribution in [0.1, 0.15) is 25.0 Å². The van der Waals surface area contributed by atoms with Gasteiger partial charge in [0.05, 0.1) is 11.4 Å². The molecule has 0 unspecified atom stereocenters. The number of hydrogen-bond donors (Lipinski definition) is 0. The van der Waals surface area contributed by atoms with E-state index >= 15 is 0 Å². The van der Waals surface area contributed by atoms with E-state index in [4.69, 9.17) is 14.4 Å². The molecule has 1 aliphatic carbocycles. The van der Waals surface area contributed by atoms with Gasteiger partial charge in [-0.05, 0) is 98.1 Å². The molecule has 0 radical (unpaired) electrons. The molecule has 274 valence electrons. The molecule has 1 aliphatic rings. The van der Waals surface area contributed by atoms with E-state index in [1.807, 2.05) is 18.2 Å². The Morgan fingerprint density at radius 2 is 0.948 bits per heavy atom. The van der Waals surface area contributed by atoms with E-state index < -0.39 is 0 Å². The van der Waals surface area contributed by atoms with E-state index in [1.54, 1.807) is 0 Å². The van der Waals surface area contributed by atoms with Crippen molar-refractivity contribution in [3.63, 3.8) is 0 Å². The van der Waals surface area contributed by atoms with Gasteiger partial charge in [-0.1, -0.05) is 166 Å². The molecule has 0 saturated carbocycles. The van der Waals surface area contributed by atoms with Crippen molar-refractivity contribution in [1.82, 2.24) is 9.97 Å². The Kier molecular flexibility index (Phi) is 7.84. The fraction of sp³-hybridized carbons (Fsp3) is 0.0545. The predicted octanol–water partition coefficient (Wildman–Crippen LogP) is 14.7. The van der Waals surface area contributed by atoms with E-state index in [2.05, 4.69) is 190 Å². The van der Waals surface area contributed by atoms with Crippen LogP contribution < -0.4 is 0 Å². The van der Waals surface area contributed by atoms with Crippen LogP contribution in [0.2, 0.25) is 0 Å². The normalized spacial score (nSPS) is 12.8. The minimum Gasteiger partial charge on any atom is -0.456 e. The number of aromatic nitrogens is 2. The average Bonchev–Trinajstić information content (AvgIpc) is 3.78. The lowest BCUT2D eigenvalue weighted by molar-refractivity contribution is 0.660. The van der Waals surface area contributed by atoms with Crippen LogP contribution in [0.4, 0.5) is 0 Å². The number of fused-ring (bicyclic) bond motifs is 6. The first-order valence-electron chi connectivity index (χ1n) is 19.9. The first-order chi connectivity index (χ1) is 28.5. The fourth-order valence-corrected chi connectivity index (χ4v) is 9.01. The van der Waals surface area contributed by atoms with Crippen molar-refractivity contribution >= 4 is 21.9 Å². The molecule has 0 aliphatic heterocycles. The maximum atomic E-state index is 6.22. The Balaban J connectivity index is 1.13. The van der Waals surface area contributed by atoms with Gasteiger partial charge >= 0.3 is 0 Å². The van der Waals surface area contributed by atoms with Gasteiger partial charge in [-0.25, -0.2) is 9.97 Å². The summed E-state index contributed by atoms with van der Waals surface area (Å²) in [5, 5.41) is 2.21. The molecule has 3 heteroatoms. The molecule has 0 spiro atoms. The monoisotopic (exact) mass is 742 g/mol. The number of nitrogens with zero attached hydrogens (tertiary/aromatic N) is 2. The second-order valence-electron chi connectivity index (χ2n) is 15.7. The zero-order chi connectivity index (χ0) is 38.8. The summed E-state index contributed by atoms with van der Waals surface area (Å²) < 4.78 is 6.22. The summed E-state index contributed by atoms with van der Waals surface area (Å²) in [4.78, 5) is 10.7. The lowest BCUT2D eigenvalue weighted by atomic mass is 9.81. The standard InChI is InChI=1S/C55H38N2O/c1-55(2)47-25-13-11-23-45(47)53-44(24-15-26-48(53)55)41-20-9-10-21-42(41)50-34-49(56-54(57-50)36-18-7-4-8-19-36)40-31-38(35-16-5-3-6-17-35)30-39(32-40)37-28-29-52-46(33-37)43-22-12-14-27-51(43)58-52/h3-34H,1-2H3. The van der Waals surface area contributed by atoms with Crippen molar-refractivity contribution in [2.45, 2.75) is 19.3 Å². The highest BCUT2D eigenvalue weighted by molar-refractivity contribution is 6.06. The van der Waals surface area contributed by atoms with Gasteiger partial charge in [0.2, 0.25) is 0 Å². The van der Waals surface area contributed by atoms with E-state index in [1.165, 1.54) is 27.8 Å². The van der Waals surface area contributed by atoms with Crippen molar-refractivity contribution in [2.75, 3.05) is 0 Å². The summed E-state index contributed by atoms with van der Waals surface area (Å²) in [6, 6.07) is 69.0. The number of hydrogen-bond acceptors (Lipinski definition) is 3. The molecule has 11 rings (SSSR count). The van der Waals surface area contributed by atoms with Gasteiger partial charge < -0.3 is 4.42 Å². The molecule has 10 aromatic rings. The van der Waals surface area contributed by atoms with Gasteiger partial charge in [-0.3, -0.25) is 0 Å². The minimum atomic E-state index is -0.101. The largest absolute Gasteiger partial charge is 0.456 e. The van der Waals surface area contributed by atoms with Crippen molar-refractivity contribution in [2.24, 2.45) is 0 Å². The molecule has 0 amide bonds. The van der Waals surface area contributed by atoms with E-state index in [9.17, 15) is 0 Å². The van der Waals surface area contributed by atoms with Gasteiger partial charge in [0, 0.05) is 32.9 Å². The van der Waals surface area contributed by atoms with Crippen LogP contribution in [0.15, 0.2) is 199 Å². The van der Waals surface area contributed by atoms with Gasteiger partial charge in [0.25, 0.3) is 0 Å². The predicted molar refractivity (Wildman–Crippen MR) is 239 cm³/mol. The molecule has 0 atom stereocenters. The lowest BCUT2D eigenvalue weighted by Gasteiger charge is -2.22. The zero-order valence-electron chi connectivity index (χ0n) is 32.3. The highest BCUT2D eigenvalue weighted by Gasteiger charge is 2.36. The third kappa shape index (κ3) is 5.58. The van der Waals surface area contributed by atoms with E-state index in [0.717, 1.165) is 77.8 Å². The molecule has 8 aromatic carbocycles. The molecule has 0 N–H and O–H groups in total. The Morgan fingerprint density at radius 3 is 1.76 bits per heavy atom. The van der Waals surface area contributed by atoms with Crippen LogP contribution in [0.5, 0.6) is 0 Å². The molecule has 0 saturated heterocycles. The highest BCUT2D eigenvalue weighted by Crippen LogP contribution is 2.53. The second-order valence-corrected chi connectivity index (χ2v) is 15.7. The molecule has 2 heterocycles. The quantitative estimate of drug-likeness (QED) is 0.170. The fourth-order valence-electron chi connectivity index (χ4n) is 9.01. The first kappa shape index (κ1) is 33.9. The van der Waals surface area contributed by atoms with E-state index in [0.29, 0.717) is 5.82 Å². The Labute approximate surface area is 338 Å². The molecule has 2 aromatic heterocycles. The van der Waals surface area contributed by atoms with Crippen molar-refractivity contribution in [3.05, 3.63) is 205 Å². The zero-order valence-corrected chi connectivity index (χ0v) is 32.3. The van der Waals surface area contributed by atoms with Gasteiger partial charge in [-0.2, -0.15) is 0 Å². The SMILES string of the molecule is CC1(C)c2ccccc2-c2c(-c3ccccc3-c3cc(-c4cc(-c5ccccc5)cc(-c5ccc6oc7ccccc7c6c5)c4)nc(-c4ccccc4)n3)cccc21. The third-order valence-electron chi connectivity index (χ3n) is 11.9. The maximum Gasteiger partial charge on any atom is 0.160 e. The van der Waals surface area contributed by atoms with Crippen molar-refractivity contribution in [1.29, 1.82) is 0 Å². The Hall–Kier alpha value is -7.36. The van der Waals surface area contributed by atoms with Crippen LogP contribution in [-0.4, -0.2) is 9.97 Å². The Morgan fingerprint density at radius 1 is 0.362 bits per heavy atom. The molecular formula is C55H38N2O. The summed E-state index contributed by atoms with van der Waals surface area (Å²) in [6.07, 6.45) is 0. The van der Waals surface area contributed by atoms with Crippen LogP contribution in [0, 0.1) is 0 Å². The van der Waals surface area contributed by atoms with Crippen LogP contribution in [-0.2, 0) is 5.41 Å². The third-order valence-corrected chi connectivity index (χ3v) is 11.9. The average molecular weight is 743 g/mol. The topological polar surface area (TPSA) is 38.9 Å². The summed E-state index contributed by atoms with van der Waals surface area (Å²) >= 11 is 0. The first-order valence-corrected chi connectivity index (χ1v) is 19.9. The number of benzene rings is 8. The smallest absolute Gasteiger partial charge is 0.160 e. The summed E-state index contributed by atoms with van der Waals surface area (Å²) in [7, 11) is 0. The van der Waals surface area contributed by atoms with Crippen LogP contribution >= 0.6 is 0 Å². The van der Waals surface area contributed by atoms with Gasteiger partial charge in [0.1, 0.15) is 11.2 Å². The molecule has 0 bridgehead atoms. The summed E-state index contributed by atoms with van der Waals surface area (Å²) in [5.74, 6) is 0.686. The van der Waals surface area contributed by atoms with Gasteiger partial charge in [-0.15, -0.1) is 0 Å². The molecular weight excluding hydrogens is 705 g/mol. The Bertz CT molecular complexity index is 3190. The van der Waals surface area contributed by atoms with Gasteiger partial charge in [0.15, 0.2) is 5.82 Å². The van der Waals surface area contributed by atoms with Crippen LogP contribution in [0.3, 0.4) is 0 Å². The van der Waals surface area contributed by atoms with Crippen LogP contribution in [0.25, 0.3) is 100 Å². The molecule has 0 fully saturated rings. The summed E-state index contributed by atoms with van der Waals surface area (Å²) in [6.45, 7) is 4.67. The number of furan rings is 1. The summed E-state index contributed by atoms with van der Waals surface area (Å²) in [5.41, 5.74) is 18.6. The van der Waals surface area contributed by atoms with E-state index in [-0.39, 0.29) is 5.41 Å². The second kappa shape index (κ2) is 13.4. The lowest BCUT2D eigenvalue weighted by Crippen LogP contribution is -2.14. The maximum absolute atomic E-state index is 6.22. The van der Waals surface area contributed by atoms with Crippen molar-refractivity contribution < 1.29 is 4.42 Å². The molecule has 3 nitrogen and oxygen atoms in total. The van der Waals surface area contributed by atoms with Crippen molar-refractivity contribution in [3.8, 4) is 78.4 Å². The minimum absolute atomic E-state index is 0.101. The number of para-hydroxylation sites is 1. The highest BCUT2D eigenvalue weighted by atomic mass is 16.3.